The van der Waals surface area contributed by atoms with Crippen molar-refractivity contribution in [3.63, 3.8) is 0 Å². The molecule has 36 heavy (non-hydrogen) atoms. The summed E-state index contributed by atoms with van der Waals surface area (Å²) < 4.78 is 38.7. The van der Waals surface area contributed by atoms with E-state index in [0.29, 0.717) is 17.3 Å². The Bertz CT molecular complexity index is 1310. The quantitative estimate of drug-likeness (QED) is 0.473. The number of carbonyl (C=O) groups is 1. The number of rotatable bonds is 7. The third-order valence-corrected chi connectivity index (χ3v) is 7.67. The van der Waals surface area contributed by atoms with Crippen LogP contribution in [0.15, 0.2) is 46.3 Å². The molecular formula is C24H26F2N6O3S. The van der Waals surface area contributed by atoms with Crippen molar-refractivity contribution in [3.8, 4) is 5.88 Å². The molecular weight excluding hydrogens is 490 g/mol. The number of nitrogens with zero attached hydrogens (tertiary/aromatic N) is 4. The lowest BCUT2D eigenvalue weighted by Gasteiger charge is -2.46. The van der Waals surface area contributed by atoms with Crippen molar-refractivity contribution in [1.82, 2.24) is 15.0 Å². The lowest BCUT2D eigenvalue weighted by Crippen LogP contribution is -2.49. The van der Waals surface area contributed by atoms with Crippen LogP contribution in [0, 0.1) is 18.7 Å². The van der Waals surface area contributed by atoms with Gasteiger partial charge in [-0.25, -0.2) is 23.7 Å². The van der Waals surface area contributed by atoms with Crippen molar-refractivity contribution >= 4 is 28.5 Å². The Hall–Kier alpha value is -3.54. The summed E-state index contributed by atoms with van der Waals surface area (Å²) >= 11 is 1.14. The lowest BCUT2D eigenvalue weighted by molar-refractivity contribution is 0.102. The molecule has 9 nitrogen and oxygen atoms in total. The standard InChI is InChI=1S/C24H26F2N6O3S/c1-13-20(29-10-18(30-13)35-11-19-28-7-8-34-19)21(33)31-15-5-6-17(26)16(9-15)24(4)14(2)23(3,12-25)36-22(27)32-24/h5-10,14H,11-12H2,1-4H3,(H2,27,32)(H,31,33)/t14-,23-,24+/m1/s1. The van der Waals surface area contributed by atoms with Gasteiger partial charge in [-0.3, -0.25) is 9.79 Å². The minimum absolute atomic E-state index is 0.0646. The van der Waals surface area contributed by atoms with E-state index >= 15 is 4.39 Å². The molecule has 0 aliphatic carbocycles. The lowest BCUT2D eigenvalue weighted by atomic mass is 9.74. The molecule has 1 aliphatic heterocycles. The van der Waals surface area contributed by atoms with E-state index in [0.717, 1.165) is 11.8 Å². The normalized spacial score (nSPS) is 23.7. The van der Waals surface area contributed by atoms with Gasteiger partial charge in [0.25, 0.3) is 5.91 Å². The fourth-order valence-electron chi connectivity index (χ4n) is 4.10. The molecule has 0 spiro atoms. The first-order chi connectivity index (χ1) is 17.1. The minimum Gasteiger partial charge on any atom is -0.467 e. The smallest absolute Gasteiger partial charge is 0.276 e. The van der Waals surface area contributed by atoms with Crippen LogP contribution in [0.3, 0.4) is 0 Å². The average molecular weight is 517 g/mol. The highest BCUT2D eigenvalue weighted by Gasteiger charge is 2.50. The second-order valence-electron chi connectivity index (χ2n) is 8.87. The van der Waals surface area contributed by atoms with Gasteiger partial charge in [0.15, 0.2) is 11.8 Å². The highest BCUT2D eigenvalue weighted by atomic mass is 32.2. The Morgan fingerprint density at radius 1 is 1.33 bits per heavy atom. The highest BCUT2D eigenvalue weighted by Crippen LogP contribution is 2.50. The Morgan fingerprint density at radius 2 is 2.11 bits per heavy atom. The number of nitrogens with two attached hydrogens (primary N) is 1. The van der Waals surface area contributed by atoms with Gasteiger partial charge < -0.3 is 20.2 Å². The Balaban J connectivity index is 1.55. The number of halogens is 2. The molecule has 12 heteroatoms. The molecule has 1 aliphatic rings. The van der Waals surface area contributed by atoms with E-state index in [2.05, 4.69) is 25.3 Å². The molecule has 1 aromatic carbocycles. The molecule has 190 valence electrons. The van der Waals surface area contributed by atoms with Crippen LogP contribution in [0.5, 0.6) is 5.88 Å². The fourth-order valence-corrected chi connectivity index (χ4v) is 5.27. The van der Waals surface area contributed by atoms with Crippen LogP contribution in [0.4, 0.5) is 14.5 Å². The van der Waals surface area contributed by atoms with Crippen molar-refractivity contribution in [3.05, 3.63) is 65.5 Å². The van der Waals surface area contributed by atoms with Gasteiger partial charge in [0, 0.05) is 17.2 Å². The van der Waals surface area contributed by atoms with Crippen molar-refractivity contribution < 1.29 is 22.7 Å². The number of carbonyl (C=O) groups excluding carboxylic acids is 1. The van der Waals surface area contributed by atoms with Crippen molar-refractivity contribution in [1.29, 1.82) is 0 Å². The highest BCUT2D eigenvalue weighted by molar-refractivity contribution is 8.15. The van der Waals surface area contributed by atoms with Gasteiger partial charge in [-0.15, -0.1) is 0 Å². The van der Waals surface area contributed by atoms with Gasteiger partial charge in [-0.2, -0.15) is 0 Å². The van der Waals surface area contributed by atoms with Crippen molar-refractivity contribution in [2.24, 2.45) is 16.6 Å². The zero-order valence-corrected chi connectivity index (χ0v) is 21.0. The van der Waals surface area contributed by atoms with Crippen LogP contribution in [0.1, 0.15) is 48.4 Å². The van der Waals surface area contributed by atoms with E-state index < -0.39 is 34.6 Å². The maximum atomic E-state index is 15.0. The summed E-state index contributed by atoms with van der Waals surface area (Å²) in [7, 11) is 0. The summed E-state index contributed by atoms with van der Waals surface area (Å²) in [5.41, 5.74) is 5.80. The van der Waals surface area contributed by atoms with Gasteiger partial charge in [0.2, 0.25) is 11.8 Å². The molecule has 0 bridgehead atoms. The molecule has 0 unspecified atom stereocenters. The Morgan fingerprint density at radius 3 is 2.78 bits per heavy atom. The third kappa shape index (κ3) is 4.90. The summed E-state index contributed by atoms with van der Waals surface area (Å²) in [6.45, 7) is 6.30. The van der Waals surface area contributed by atoms with E-state index in [1.165, 1.54) is 36.9 Å². The summed E-state index contributed by atoms with van der Waals surface area (Å²) in [5, 5.41) is 2.91. The number of benzene rings is 1. The zero-order chi connectivity index (χ0) is 26.1. The summed E-state index contributed by atoms with van der Waals surface area (Å²) in [6.07, 6.45) is 4.25. The molecule has 3 N–H and O–H groups in total. The maximum absolute atomic E-state index is 15.0. The van der Waals surface area contributed by atoms with Crippen LogP contribution >= 0.6 is 11.8 Å². The number of hydrogen-bond acceptors (Lipinski definition) is 9. The van der Waals surface area contributed by atoms with E-state index in [-0.39, 0.29) is 28.9 Å². The van der Waals surface area contributed by atoms with Gasteiger partial charge in [-0.1, -0.05) is 18.7 Å². The third-order valence-electron chi connectivity index (χ3n) is 6.44. The first kappa shape index (κ1) is 25.5. The SMILES string of the molecule is Cc1nc(OCc2ncco2)cnc1C(=O)Nc1ccc(F)c([C@@]2(C)N=C(N)S[C@](C)(CF)[C@H]2C)c1. The second kappa shape index (κ2) is 9.84. The molecule has 4 rings (SSSR count). The summed E-state index contributed by atoms with van der Waals surface area (Å²) in [4.78, 5) is 29.8. The Labute approximate surface area is 211 Å². The Kier molecular flexibility index (Phi) is 6.98. The number of anilines is 1. The summed E-state index contributed by atoms with van der Waals surface area (Å²) in [6, 6.07) is 4.16. The first-order valence-electron chi connectivity index (χ1n) is 11.1. The van der Waals surface area contributed by atoms with Crippen molar-refractivity contribution in [2.75, 3.05) is 12.0 Å². The van der Waals surface area contributed by atoms with Crippen molar-refractivity contribution in [2.45, 2.75) is 44.6 Å². The number of thioether (sulfide) groups is 1. The van der Waals surface area contributed by atoms with Gasteiger partial charge >= 0.3 is 0 Å². The molecule has 3 atom stereocenters. The largest absolute Gasteiger partial charge is 0.467 e. The number of aliphatic imine (C=N–C) groups is 1. The van der Waals surface area contributed by atoms with Crippen LogP contribution in [0.2, 0.25) is 0 Å². The molecule has 0 fully saturated rings. The number of ether oxygens (including phenoxy) is 1. The van der Waals surface area contributed by atoms with E-state index in [1.807, 2.05) is 6.92 Å². The van der Waals surface area contributed by atoms with E-state index in [1.54, 1.807) is 20.8 Å². The number of amides is 1. The van der Waals surface area contributed by atoms with Crippen LogP contribution in [0.25, 0.3) is 0 Å². The summed E-state index contributed by atoms with van der Waals surface area (Å²) in [5.74, 6) is -0.887. The van der Waals surface area contributed by atoms with Crippen LogP contribution in [-0.2, 0) is 12.1 Å². The maximum Gasteiger partial charge on any atom is 0.276 e. The number of aryl methyl sites for hydroxylation is 1. The zero-order valence-electron chi connectivity index (χ0n) is 20.2. The van der Waals surface area contributed by atoms with Gasteiger partial charge in [-0.05, 0) is 39.0 Å². The molecule has 2 aromatic heterocycles. The number of oxazole rings is 1. The van der Waals surface area contributed by atoms with E-state index in [9.17, 15) is 9.18 Å². The van der Waals surface area contributed by atoms with Gasteiger partial charge in [0.05, 0.1) is 28.4 Å². The predicted octanol–water partition coefficient (Wildman–Crippen LogP) is 4.38. The molecule has 3 heterocycles. The van der Waals surface area contributed by atoms with E-state index in [4.69, 9.17) is 14.9 Å². The van der Waals surface area contributed by atoms with Gasteiger partial charge in [0.1, 0.15) is 24.4 Å². The first-order valence-corrected chi connectivity index (χ1v) is 11.9. The number of alkyl halides is 1. The molecule has 0 radical (unpaired) electrons. The number of amidine groups is 1. The van der Waals surface area contributed by atoms with Crippen LogP contribution in [-0.4, -0.2) is 37.4 Å². The minimum atomic E-state index is -1.14. The fraction of sp³-hybridized carbons (Fsp3) is 0.375. The topological polar surface area (TPSA) is 129 Å². The monoisotopic (exact) mass is 516 g/mol. The van der Waals surface area contributed by atoms with Crippen LogP contribution < -0.4 is 15.8 Å². The number of aromatic nitrogens is 3. The molecule has 0 saturated heterocycles. The molecule has 3 aromatic rings. The molecule has 0 saturated carbocycles. The predicted molar refractivity (Wildman–Crippen MR) is 132 cm³/mol. The average Bonchev–Trinajstić information content (AvgIpc) is 3.36. The number of nitrogens with one attached hydrogen (secondary N) is 1. The molecule has 1 amide bonds. The second-order valence-corrected chi connectivity index (χ2v) is 10.4. The number of hydrogen-bond donors (Lipinski definition) is 2.